The van der Waals surface area contributed by atoms with Crippen LogP contribution in [0.1, 0.15) is 17.5 Å². The van der Waals surface area contributed by atoms with Crippen LogP contribution in [0.25, 0.3) is 0 Å². The Morgan fingerprint density at radius 2 is 0.556 bits per heavy atom. The van der Waals surface area contributed by atoms with Crippen LogP contribution in [0.5, 0.6) is 0 Å². The Labute approximate surface area is 180 Å². The summed E-state index contributed by atoms with van der Waals surface area (Å²) in [5.74, 6) is -61.9. The largest absolute Gasteiger partial charge is 0.460 e. The molecular weight excluding hydrogens is 585 g/mol. The van der Waals surface area contributed by atoms with Gasteiger partial charge in [0.1, 0.15) is 0 Å². The third kappa shape index (κ3) is 4.42. The maximum atomic E-state index is 13.9. The van der Waals surface area contributed by atoms with Crippen molar-refractivity contribution in [3.05, 3.63) is 17.5 Å². The minimum absolute atomic E-state index is 1.23. The number of aromatic nitrogens is 3. The summed E-state index contributed by atoms with van der Waals surface area (Å²) in [7, 11) is 0. The lowest BCUT2D eigenvalue weighted by atomic mass is 9.91. The molecule has 0 aliphatic carbocycles. The molecule has 0 aromatic carbocycles. The lowest BCUT2D eigenvalue weighted by Gasteiger charge is -2.41. The van der Waals surface area contributed by atoms with E-state index in [-0.39, 0.29) is 0 Å². The van der Waals surface area contributed by atoms with Gasteiger partial charge in [0.2, 0.25) is 17.5 Å². The van der Waals surface area contributed by atoms with Gasteiger partial charge in [-0.15, -0.1) is 0 Å². The Balaban J connectivity index is 3.91. The molecule has 0 amide bonds. The molecule has 1 rings (SSSR count). The predicted molar refractivity (Wildman–Crippen MR) is 64.5 cm³/mol. The lowest BCUT2D eigenvalue weighted by Crippen LogP contribution is -2.72. The van der Waals surface area contributed by atoms with Gasteiger partial charge in [0.25, 0.3) is 0 Å². The Kier molecular flexibility index (Phi) is 7.03. The van der Waals surface area contributed by atoms with Gasteiger partial charge in [0.15, 0.2) is 0 Å². The van der Waals surface area contributed by atoms with Crippen LogP contribution in [0, 0.1) is 0 Å². The molecule has 0 saturated heterocycles. The maximum Gasteiger partial charge on any atom is 0.460 e. The molecule has 0 spiro atoms. The second-order valence-corrected chi connectivity index (χ2v) is 6.25. The van der Waals surface area contributed by atoms with Gasteiger partial charge in [-0.25, -0.2) is 15.0 Å². The molecule has 0 bridgehead atoms. The molecule has 0 aliphatic heterocycles. The number of hydrogen-bond acceptors (Lipinski definition) is 3. The molecule has 0 saturated carbocycles. The topological polar surface area (TPSA) is 38.7 Å². The number of hydrogen-bond donors (Lipinski definition) is 0. The third-order valence-corrected chi connectivity index (χ3v) is 3.75. The minimum atomic E-state index is -8.82. The molecule has 0 aliphatic rings. The lowest BCUT2D eigenvalue weighted by molar-refractivity contribution is -0.454. The summed E-state index contributed by atoms with van der Waals surface area (Å²) >= 11 is 0. The summed E-state index contributed by atoms with van der Waals surface area (Å²) in [6.07, 6.45) is -20.7. The Bertz CT molecular complexity index is 936. The van der Waals surface area contributed by atoms with E-state index < -0.39 is 71.5 Å². The molecule has 3 nitrogen and oxygen atoms in total. The van der Waals surface area contributed by atoms with Gasteiger partial charge < -0.3 is 0 Å². The van der Waals surface area contributed by atoms with Crippen LogP contribution in [0.4, 0.5) is 92.2 Å². The van der Waals surface area contributed by atoms with E-state index >= 15 is 0 Å². The number of nitrogens with zero attached hydrogens (tertiary/aromatic N) is 3. The number of alkyl halides is 21. The van der Waals surface area contributed by atoms with Crippen LogP contribution in [0.2, 0.25) is 0 Å². The van der Waals surface area contributed by atoms with Crippen LogP contribution >= 0.6 is 0 Å². The van der Waals surface area contributed by atoms with Crippen LogP contribution < -0.4 is 0 Å². The summed E-state index contributed by atoms with van der Waals surface area (Å²) in [5.41, 5.74) is 0. The van der Waals surface area contributed by atoms with Gasteiger partial charge in [-0.2, -0.15) is 92.2 Å². The molecule has 0 fully saturated rings. The van der Waals surface area contributed by atoms with Crippen molar-refractivity contribution in [2.24, 2.45) is 0 Å². The van der Waals surface area contributed by atoms with Crippen molar-refractivity contribution in [3.8, 4) is 0 Å². The highest BCUT2D eigenvalue weighted by molar-refractivity contribution is 5.18. The molecule has 0 N–H and O–H groups in total. The summed E-state index contributed by atoms with van der Waals surface area (Å²) in [4.78, 5) is 3.91. The van der Waals surface area contributed by atoms with E-state index in [2.05, 4.69) is 0 Å². The average molecular weight is 585 g/mol. The van der Waals surface area contributed by atoms with Gasteiger partial charge in [0, 0.05) is 0 Å². The van der Waals surface area contributed by atoms with Gasteiger partial charge >= 0.3 is 54.1 Å². The fourth-order valence-electron chi connectivity index (χ4n) is 1.88. The summed E-state index contributed by atoms with van der Waals surface area (Å²) in [5, 5.41) is 0. The monoisotopic (exact) mass is 585 g/mol. The van der Waals surface area contributed by atoms with Crippen LogP contribution in [-0.4, -0.2) is 50.7 Å². The second kappa shape index (κ2) is 8.02. The Morgan fingerprint density at radius 1 is 0.306 bits per heavy atom. The summed E-state index contributed by atoms with van der Waals surface area (Å²) in [6.45, 7) is 0. The fraction of sp³-hybridized carbons (Fsp3) is 0.750. The molecule has 24 heteroatoms. The minimum Gasteiger partial charge on any atom is -0.203 e. The van der Waals surface area contributed by atoms with Crippen molar-refractivity contribution < 1.29 is 92.2 Å². The first-order valence-corrected chi connectivity index (χ1v) is 7.56. The zero-order valence-electron chi connectivity index (χ0n) is 15.3. The van der Waals surface area contributed by atoms with E-state index in [1.165, 1.54) is 15.0 Å². The van der Waals surface area contributed by atoms with Gasteiger partial charge in [0.05, 0.1) is 0 Å². The average Bonchev–Trinajstić information content (AvgIpc) is 2.64. The van der Waals surface area contributed by atoms with Gasteiger partial charge in [-0.05, 0) is 0 Å². The van der Waals surface area contributed by atoms with Crippen molar-refractivity contribution in [1.82, 2.24) is 15.0 Å². The van der Waals surface area contributed by atoms with Crippen LogP contribution in [0.15, 0.2) is 0 Å². The molecule has 210 valence electrons. The van der Waals surface area contributed by atoms with Crippen molar-refractivity contribution in [2.45, 2.75) is 54.1 Å². The second-order valence-electron chi connectivity index (χ2n) is 6.25. The van der Waals surface area contributed by atoms with Crippen LogP contribution in [-0.2, 0) is 18.3 Å². The fourth-order valence-corrected chi connectivity index (χ4v) is 1.88. The van der Waals surface area contributed by atoms with Crippen LogP contribution in [0.3, 0.4) is 0 Å². The summed E-state index contributed by atoms with van der Waals surface area (Å²) < 4.78 is 272. The molecular formula is C12F21N3. The Morgan fingerprint density at radius 3 is 0.833 bits per heavy atom. The maximum absolute atomic E-state index is 13.9. The molecule has 1 aromatic rings. The highest BCUT2D eigenvalue weighted by Crippen LogP contribution is 2.63. The number of rotatable bonds is 6. The SMILES string of the molecule is FC(F)(F)c1nc(C(F)(F)F)nc(C(F)(F)C(F)(F)C(F)(F)C(F)(F)C(F)(F)C(F)(F)C(F)(F)F)n1. The first kappa shape index (κ1) is 31.6. The van der Waals surface area contributed by atoms with E-state index in [1.807, 2.05) is 0 Å². The molecule has 1 heterocycles. The van der Waals surface area contributed by atoms with E-state index in [1.54, 1.807) is 0 Å². The van der Waals surface area contributed by atoms with E-state index in [9.17, 15) is 92.2 Å². The first-order chi connectivity index (χ1) is 15.3. The van der Waals surface area contributed by atoms with E-state index in [4.69, 9.17) is 0 Å². The van der Waals surface area contributed by atoms with Gasteiger partial charge in [-0.3, -0.25) is 0 Å². The molecule has 0 radical (unpaired) electrons. The van der Waals surface area contributed by atoms with Crippen molar-refractivity contribution in [2.75, 3.05) is 0 Å². The Hall–Kier alpha value is -2.46. The zero-order valence-corrected chi connectivity index (χ0v) is 15.3. The predicted octanol–water partition coefficient (Wildman–Crippen LogP) is 6.74. The standard InChI is InChI=1S/C12F21N3/c13-4(14,1-34-2(5(15,16)17)36-3(35-1)6(18,19)20)7(21,22)8(23,24)9(25,26)10(27,28)11(29,30)12(31,32)33. The molecule has 1 aromatic heterocycles. The molecule has 0 atom stereocenters. The quantitative estimate of drug-likeness (QED) is 0.348. The van der Waals surface area contributed by atoms with Gasteiger partial charge in [-0.1, -0.05) is 0 Å². The van der Waals surface area contributed by atoms with Crippen molar-refractivity contribution in [3.63, 3.8) is 0 Å². The zero-order chi connectivity index (χ0) is 29.4. The van der Waals surface area contributed by atoms with Crippen molar-refractivity contribution >= 4 is 0 Å². The highest BCUT2D eigenvalue weighted by atomic mass is 19.4. The van der Waals surface area contributed by atoms with E-state index in [0.29, 0.717) is 0 Å². The smallest absolute Gasteiger partial charge is 0.203 e. The number of halogens is 21. The summed E-state index contributed by atoms with van der Waals surface area (Å²) in [6, 6.07) is 0. The molecule has 36 heavy (non-hydrogen) atoms. The van der Waals surface area contributed by atoms with Crippen molar-refractivity contribution in [1.29, 1.82) is 0 Å². The highest BCUT2D eigenvalue weighted by Gasteiger charge is 2.93. The molecule has 0 unspecified atom stereocenters. The normalized spacial score (nSPS) is 15.9. The first-order valence-electron chi connectivity index (χ1n) is 7.56. The third-order valence-electron chi connectivity index (χ3n) is 3.75. The van der Waals surface area contributed by atoms with E-state index in [0.717, 1.165) is 0 Å².